The Morgan fingerprint density at radius 2 is 0.811 bits per heavy atom. The minimum atomic E-state index is -0.181. The van der Waals surface area contributed by atoms with Gasteiger partial charge in [0.15, 0.2) is 5.82 Å². The second-order valence-electron chi connectivity index (χ2n) is 14.5. The van der Waals surface area contributed by atoms with E-state index in [1.54, 1.807) is 0 Å². The molecule has 0 saturated heterocycles. The maximum atomic E-state index is 5.28. The molecule has 250 valence electrons. The van der Waals surface area contributed by atoms with Gasteiger partial charge < -0.3 is 0 Å². The quantitative estimate of drug-likeness (QED) is 0.181. The standard InChI is InChI=1S/C51H36N2/c1-51(2)48-38-19-10-9-16-35(38)28-29-44(48)43-23-13-22-42(49(43)51)41-30-31-45(40-21-12-11-20-39(40)41)50-52-46(36-17-7-4-8-18-36)32-47(53-50)37-26-24-34(25-27-37)33-14-5-3-6-15-33/h3-32H,1-2H3. The first-order chi connectivity index (χ1) is 26.0. The lowest BCUT2D eigenvalue weighted by Gasteiger charge is -2.26. The second-order valence-corrected chi connectivity index (χ2v) is 14.5. The van der Waals surface area contributed by atoms with Crippen LogP contribution in [-0.4, -0.2) is 9.97 Å². The van der Waals surface area contributed by atoms with Crippen molar-refractivity contribution in [2.24, 2.45) is 0 Å². The summed E-state index contributed by atoms with van der Waals surface area (Å²) in [5, 5.41) is 4.94. The molecule has 0 radical (unpaired) electrons. The van der Waals surface area contributed by atoms with E-state index in [1.165, 1.54) is 60.7 Å². The topological polar surface area (TPSA) is 25.8 Å². The van der Waals surface area contributed by atoms with Crippen LogP contribution in [0.4, 0.5) is 0 Å². The van der Waals surface area contributed by atoms with E-state index in [9.17, 15) is 0 Å². The fourth-order valence-corrected chi connectivity index (χ4v) is 8.63. The van der Waals surface area contributed by atoms with E-state index in [-0.39, 0.29) is 5.41 Å². The van der Waals surface area contributed by atoms with Gasteiger partial charge in [-0.3, -0.25) is 0 Å². The normalized spacial score (nSPS) is 12.9. The van der Waals surface area contributed by atoms with E-state index in [4.69, 9.17) is 9.97 Å². The second kappa shape index (κ2) is 12.3. The largest absolute Gasteiger partial charge is 0.228 e. The average molecular weight is 677 g/mol. The molecule has 53 heavy (non-hydrogen) atoms. The summed E-state index contributed by atoms with van der Waals surface area (Å²) in [5.74, 6) is 0.716. The lowest BCUT2D eigenvalue weighted by Crippen LogP contribution is -2.17. The predicted molar refractivity (Wildman–Crippen MR) is 222 cm³/mol. The van der Waals surface area contributed by atoms with Crippen LogP contribution in [0.5, 0.6) is 0 Å². The fourth-order valence-electron chi connectivity index (χ4n) is 8.63. The third-order valence-corrected chi connectivity index (χ3v) is 11.1. The highest BCUT2D eigenvalue weighted by atomic mass is 14.9. The number of hydrogen-bond acceptors (Lipinski definition) is 2. The highest BCUT2D eigenvalue weighted by Gasteiger charge is 2.39. The fraction of sp³-hybridized carbons (Fsp3) is 0.0588. The smallest absolute Gasteiger partial charge is 0.161 e. The molecule has 0 unspecified atom stereocenters. The van der Waals surface area contributed by atoms with E-state index in [0.29, 0.717) is 5.82 Å². The summed E-state index contributed by atoms with van der Waals surface area (Å²) in [6.07, 6.45) is 0. The van der Waals surface area contributed by atoms with E-state index in [1.807, 2.05) is 6.07 Å². The van der Waals surface area contributed by atoms with Crippen LogP contribution in [0.25, 0.3) is 88.8 Å². The van der Waals surface area contributed by atoms with Crippen LogP contribution in [0.3, 0.4) is 0 Å². The van der Waals surface area contributed by atoms with Gasteiger partial charge in [-0.25, -0.2) is 9.97 Å². The zero-order valence-electron chi connectivity index (χ0n) is 29.7. The molecule has 0 N–H and O–H groups in total. The Hall–Kier alpha value is -6.64. The minimum absolute atomic E-state index is 0.181. The van der Waals surface area contributed by atoms with Gasteiger partial charge in [0, 0.05) is 22.1 Å². The predicted octanol–water partition coefficient (Wildman–Crippen LogP) is 13.4. The van der Waals surface area contributed by atoms with Crippen molar-refractivity contribution < 1.29 is 0 Å². The van der Waals surface area contributed by atoms with Crippen LogP contribution < -0.4 is 0 Å². The lowest BCUT2D eigenvalue weighted by molar-refractivity contribution is 0.668. The van der Waals surface area contributed by atoms with Crippen molar-refractivity contribution in [3.8, 4) is 67.3 Å². The summed E-state index contributed by atoms with van der Waals surface area (Å²) in [4.78, 5) is 10.5. The Balaban J connectivity index is 1.14. The maximum Gasteiger partial charge on any atom is 0.161 e. The van der Waals surface area contributed by atoms with Crippen molar-refractivity contribution in [3.05, 3.63) is 193 Å². The molecular weight excluding hydrogens is 641 g/mol. The third kappa shape index (κ3) is 5.10. The first-order valence-electron chi connectivity index (χ1n) is 18.3. The van der Waals surface area contributed by atoms with Crippen LogP contribution in [-0.2, 0) is 5.41 Å². The van der Waals surface area contributed by atoms with Crippen LogP contribution in [0.2, 0.25) is 0 Å². The van der Waals surface area contributed by atoms with Crippen LogP contribution >= 0.6 is 0 Å². The summed E-state index contributed by atoms with van der Waals surface area (Å²) >= 11 is 0. The molecule has 1 aliphatic carbocycles. The van der Waals surface area contributed by atoms with Gasteiger partial charge in [0.05, 0.1) is 11.4 Å². The molecule has 2 heteroatoms. The van der Waals surface area contributed by atoms with Gasteiger partial charge in [0.2, 0.25) is 0 Å². The van der Waals surface area contributed by atoms with Gasteiger partial charge >= 0.3 is 0 Å². The summed E-state index contributed by atoms with van der Waals surface area (Å²) in [5.41, 5.74) is 15.1. The maximum absolute atomic E-state index is 5.28. The summed E-state index contributed by atoms with van der Waals surface area (Å²) in [7, 11) is 0. The molecule has 0 atom stereocenters. The van der Waals surface area contributed by atoms with Gasteiger partial charge in [-0.15, -0.1) is 0 Å². The number of hydrogen-bond donors (Lipinski definition) is 0. The Bertz CT molecular complexity index is 2830. The molecule has 0 amide bonds. The zero-order valence-corrected chi connectivity index (χ0v) is 29.7. The molecule has 9 aromatic rings. The van der Waals surface area contributed by atoms with E-state index in [0.717, 1.165) is 33.5 Å². The zero-order chi connectivity index (χ0) is 35.5. The number of nitrogens with zero attached hydrogens (tertiary/aromatic N) is 2. The molecule has 0 spiro atoms. The Kier molecular flexibility index (Phi) is 7.19. The van der Waals surface area contributed by atoms with Crippen molar-refractivity contribution in [1.82, 2.24) is 9.97 Å². The third-order valence-electron chi connectivity index (χ3n) is 11.1. The Morgan fingerprint density at radius 1 is 0.340 bits per heavy atom. The van der Waals surface area contributed by atoms with Crippen LogP contribution in [0, 0.1) is 0 Å². The Morgan fingerprint density at radius 3 is 1.51 bits per heavy atom. The summed E-state index contributed by atoms with van der Waals surface area (Å²) < 4.78 is 0. The van der Waals surface area contributed by atoms with Crippen molar-refractivity contribution in [2.75, 3.05) is 0 Å². The monoisotopic (exact) mass is 676 g/mol. The number of rotatable bonds is 5. The number of aromatic nitrogens is 2. The SMILES string of the molecule is CC1(C)c2c(cccc2-c2ccc(-c3nc(-c4ccccc4)cc(-c4ccc(-c5ccccc5)cc4)n3)c3ccccc23)-c2ccc3ccccc3c21. The highest BCUT2D eigenvalue weighted by molar-refractivity contribution is 6.07. The van der Waals surface area contributed by atoms with Crippen molar-refractivity contribution in [2.45, 2.75) is 19.3 Å². The Labute approximate surface area is 310 Å². The number of fused-ring (bicyclic) bond motifs is 6. The first-order valence-corrected chi connectivity index (χ1v) is 18.3. The molecule has 1 aromatic heterocycles. The average Bonchev–Trinajstić information content (AvgIpc) is 3.47. The molecular formula is C51H36N2. The van der Waals surface area contributed by atoms with Crippen LogP contribution in [0.1, 0.15) is 25.0 Å². The van der Waals surface area contributed by atoms with E-state index < -0.39 is 0 Å². The van der Waals surface area contributed by atoms with Gasteiger partial charge in [-0.2, -0.15) is 0 Å². The minimum Gasteiger partial charge on any atom is -0.228 e. The molecule has 0 fully saturated rings. The van der Waals surface area contributed by atoms with Crippen molar-refractivity contribution >= 4 is 21.5 Å². The van der Waals surface area contributed by atoms with Crippen molar-refractivity contribution in [3.63, 3.8) is 0 Å². The van der Waals surface area contributed by atoms with Crippen LogP contribution in [0.15, 0.2) is 182 Å². The molecule has 0 aliphatic heterocycles. The molecule has 10 rings (SSSR count). The van der Waals surface area contributed by atoms with Gasteiger partial charge in [-0.1, -0.05) is 184 Å². The van der Waals surface area contributed by atoms with Gasteiger partial charge in [-0.05, 0) is 78.2 Å². The molecule has 2 nitrogen and oxygen atoms in total. The molecule has 1 aliphatic rings. The molecule has 0 bridgehead atoms. The van der Waals surface area contributed by atoms with E-state index in [2.05, 4.69) is 190 Å². The molecule has 1 heterocycles. The summed E-state index contributed by atoms with van der Waals surface area (Å²) in [6.45, 7) is 4.78. The van der Waals surface area contributed by atoms with Gasteiger partial charge in [0.25, 0.3) is 0 Å². The lowest BCUT2D eigenvalue weighted by atomic mass is 9.77. The molecule has 0 saturated carbocycles. The first kappa shape index (κ1) is 31.1. The highest BCUT2D eigenvalue weighted by Crippen LogP contribution is 2.55. The summed E-state index contributed by atoms with van der Waals surface area (Å²) in [6, 6.07) is 65.2. The van der Waals surface area contributed by atoms with Crippen molar-refractivity contribution in [1.29, 1.82) is 0 Å². The number of benzene rings is 8. The molecule has 8 aromatic carbocycles. The van der Waals surface area contributed by atoms with Gasteiger partial charge in [0.1, 0.15) is 0 Å². The van der Waals surface area contributed by atoms with E-state index >= 15 is 0 Å².